The van der Waals surface area contributed by atoms with Crippen LogP contribution in [0.1, 0.15) is 51.9 Å². The van der Waals surface area contributed by atoms with E-state index in [1.54, 1.807) is 6.92 Å². The fourth-order valence-corrected chi connectivity index (χ4v) is 1.52. The summed E-state index contributed by atoms with van der Waals surface area (Å²) in [6.07, 6.45) is 4.83. The van der Waals surface area contributed by atoms with Gasteiger partial charge in [0.05, 0.1) is 12.7 Å². The largest absolute Gasteiger partial charge is 0.466 e. The van der Waals surface area contributed by atoms with Crippen LogP contribution in [-0.4, -0.2) is 35.5 Å². The molecule has 0 amide bonds. The molecular formula is C12H24O4. The van der Waals surface area contributed by atoms with Gasteiger partial charge in [-0.1, -0.05) is 6.42 Å². The Balaban J connectivity index is 3.26. The fourth-order valence-electron chi connectivity index (χ4n) is 1.52. The average molecular weight is 232 g/mol. The molecule has 0 spiro atoms. The maximum Gasteiger partial charge on any atom is 0.305 e. The Bertz CT molecular complexity index is 170. The van der Waals surface area contributed by atoms with Crippen LogP contribution in [0.25, 0.3) is 0 Å². The predicted octanol–water partition coefficient (Wildman–Crippen LogP) is 1.63. The highest BCUT2D eigenvalue weighted by Crippen LogP contribution is 2.09. The molecule has 0 aliphatic carbocycles. The lowest BCUT2D eigenvalue weighted by Gasteiger charge is -2.09. The maximum absolute atomic E-state index is 11.0. The second-order valence-corrected chi connectivity index (χ2v) is 3.92. The van der Waals surface area contributed by atoms with Crippen molar-refractivity contribution in [2.24, 2.45) is 0 Å². The van der Waals surface area contributed by atoms with Crippen LogP contribution in [0.4, 0.5) is 0 Å². The van der Waals surface area contributed by atoms with Crippen LogP contribution in [0, 0.1) is 0 Å². The standard InChI is InChI=1S/C12H24O4/c1-2-16-12(15)9-4-3-7-11(14)8-5-6-10-13/h11,13-14H,2-10H2,1H3. The first-order chi connectivity index (χ1) is 7.70. The first-order valence-electron chi connectivity index (χ1n) is 6.15. The summed E-state index contributed by atoms with van der Waals surface area (Å²) in [4.78, 5) is 11.0. The summed E-state index contributed by atoms with van der Waals surface area (Å²) in [7, 11) is 0. The molecule has 96 valence electrons. The molecule has 1 unspecified atom stereocenters. The van der Waals surface area contributed by atoms with Crippen molar-refractivity contribution in [3.05, 3.63) is 0 Å². The van der Waals surface area contributed by atoms with Gasteiger partial charge in [0.2, 0.25) is 0 Å². The van der Waals surface area contributed by atoms with Gasteiger partial charge in [-0.05, 0) is 39.0 Å². The van der Waals surface area contributed by atoms with E-state index >= 15 is 0 Å². The first-order valence-corrected chi connectivity index (χ1v) is 6.15. The minimum atomic E-state index is -0.297. The highest BCUT2D eigenvalue weighted by Gasteiger charge is 2.05. The molecule has 0 heterocycles. The van der Waals surface area contributed by atoms with Crippen LogP contribution in [0.5, 0.6) is 0 Å². The zero-order chi connectivity index (χ0) is 12.2. The zero-order valence-electron chi connectivity index (χ0n) is 10.2. The first kappa shape index (κ1) is 15.4. The van der Waals surface area contributed by atoms with Crippen molar-refractivity contribution in [3.8, 4) is 0 Å². The summed E-state index contributed by atoms with van der Waals surface area (Å²) in [6.45, 7) is 2.42. The van der Waals surface area contributed by atoms with E-state index in [2.05, 4.69) is 0 Å². The smallest absolute Gasteiger partial charge is 0.305 e. The monoisotopic (exact) mass is 232 g/mol. The minimum Gasteiger partial charge on any atom is -0.466 e. The van der Waals surface area contributed by atoms with Crippen molar-refractivity contribution in [2.75, 3.05) is 13.2 Å². The van der Waals surface area contributed by atoms with Gasteiger partial charge in [0.25, 0.3) is 0 Å². The third-order valence-electron chi connectivity index (χ3n) is 2.42. The van der Waals surface area contributed by atoms with Crippen LogP contribution in [0.2, 0.25) is 0 Å². The second kappa shape index (κ2) is 10.9. The molecule has 0 rings (SSSR count). The number of unbranched alkanes of at least 4 members (excludes halogenated alkanes) is 2. The summed E-state index contributed by atoms with van der Waals surface area (Å²) in [6, 6.07) is 0. The van der Waals surface area contributed by atoms with Gasteiger partial charge in [0.15, 0.2) is 0 Å². The number of rotatable bonds is 10. The number of hydrogen-bond acceptors (Lipinski definition) is 4. The highest BCUT2D eigenvalue weighted by molar-refractivity contribution is 5.69. The molecule has 0 fully saturated rings. The van der Waals surface area contributed by atoms with Crippen LogP contribution in [0.15, 0.2) is 0 Å². The van der Waals surface area contributed by atoms with Crippen molar-refractivity contribution in [3.63, 3.8) is 0 Å². The molecular weight excluding hydrogens is 208 g/mol. The molecule has 2 N–H and O–H groups in total. The Labute approximate surface area is 97.6 Å². The molecule has 4 nitrogen and oxygen atoms in total. The Morgan fingerprint density at radius 3 is 2.38 bits per heavy atom. The number of esters is 1. The molecule has 4 heteroatoms. The van der Waals surface area contributed by atoms with Gasteiger partial charge in [-0.15, -0.1) is 0 Å². The summed E-state index contributed by atoms with van der Waals surface area (Å²) >= 11 is 0. The number of aliphatic hydroxyl groups excluding tert-OH is 2. The molecule has 0 radical (unpaired) electrons. The lowest BCUT2D eigenvalue weighted by atomic mass is 10.1. The lowest BCUT2D eigenvalue weighted by Crippen LogP contribution is -2.08. The van der Waals surface area contributed by atoms with Gasteiger partial charge in [0, 0.05) is 13.0 Å². The van der Waals surface area contributed by atoms with E-state index in [4.69, 9.17) is 9.84 Å². The van der Waals surface area contributed by atoms with Gasteiger partial charge in [-0.3, -0.25) is 4.79 Å². The number of carbonyl (C=O) groups is 1. The number of ether oxygens (including phenoxy) is 1. The molecule has 16 heavy (non-hydrogen) atoms. The van der Waals surface area contributed by atoms with E-state index in [1.165, 1.54) is 0 Å². The number of aliphatic hydroxyl groups is 2. The van der Waals surface area contributed by atoms with Gasteiger partial charge in [-0.2, -0.15) is 0 Å². The van der Waals surface area contributed by atoms with Crippen molar-refractivity contribution in [1.29, 1.82) is 0 Å². The molecule has 0 aromatic rings. The number of carbonyl (C=O) groups excluding carboxylic acids is 1. The van der Waals surface area contributed by atoms with E-state index < -0.39 is 0 Å². The Hall–Kier alpha value is -0.610. The quantitative estimate of drug-likeness (QED) is 0.444. The van der Waals surface area contributed by atoms with Crippen LogP contribution in [-0.2, 0) is 9.53 Å². The minimum absolute atomic E-state index is 0.155. The molecule has 0 saturated heterocycles. The third kappa shape index (κ3) is 9.93. The van der Waals surface area contributed by atoms with Crippen LogP contribution >= 0.6 is 0 Å². The SMILES string of the molecule is CCOC(=O)CCCCC(O)CCCCO. The molecule has 0 aromatic heterocycles. The van der Waals surface area contributed by atoms with Crippen LogP contribution < -0.4 is 0 Å². The zero-order valence-corrected chi connectivity index (χ0v) is 10.2. The van der Waals surface area contributed by atoms with Gasteiger partial charge in [-0.25, -0.2) is 0 Å². The van der Waals surface area contributed by atoms with Gasteiger partial charge >= 0.3 is 5.97 Å². The van der Waals surface area contributed by atoms with Crippen molar-refractivity contribution < 1.29 is 19.7 Å². The Morgan fingerprint density at radius 2 is 1.81 bits per heavy atom. The fraction of sp³-hybridized carbons (Fsp3) is 0.917. The van der Waals surface area contributed by atoms with Crippen LogP contribution in [0.3, 0.4) is 0 Å². The summed E-state index contributed by atoms with van der Waals surface area (Å²) in [5.41, 5.74) is 0. The third-order valence-corrected chi connectivity index (χ3v) is 2.42. The maximum atomic E-state index is 11.0. The van der Waals surface area contributed by atoms with Crippen molar-refractivity contribution in [2.45, 2.75) is 58.0 Å². The van der Waals surface area contributed by atoms with Gasteiger partial charge < -0.3 is 14.9 Å². The lowest BCUT2D eigenvalue weighted by molar-refractivity contribution is -0.143. The molecule has 0 aromatic carbocycles. The summed E-state index contributed by atoms with van der Waals surface area (Å²) in [5.74, 6) is -0.155. The van der Waals surface area contributed by atoms with Gasteiger partial charge in [0.1, 0.15) is 0 Å². The molecule has 0 bridgehead atoms. The van der Waals surface area contributed by atoms with E-state index in [0.717, 1.165) is 38.5 Å². The predicted molar refractivity (Wildman–Crippen MR) is 62.0 cm³/mol. The molecule has 1 atom stereocenters. The normalized spacial score (nSPS) is 12.4. The topological polar surface area (TPSA) is 66.8 Å². The van der Waals surface area contributed by atoms with Crippen molar-refractivity contribution >= 4 is 5.97 Å². The molecule has 0 aliphatic heterocycles. The Kier molecular flexibility index (Phi) is 10.5. The second-order valence-electron chi connectivity index (χ2n) is 3.92. The molecule has 0 aliphatic rings. The van der Waals surface area contributed by atoms with E-state index in [9.17, 15) is 9.90 Å². The van der Waals surface area contributed by atoms with E-state index in [-0.39, 0.29) is 18.7 Å². The molecule has 0 saturated carbocycles. The van der Waals surface area contributed by atoms with Crippen molar-refractivity contribution in [1.82, 2.24) is 0 Å². The number of hydrogen-bond donors (Lipinski definition) is 2. The van der Waals surface area contributed by atoms with E-state index in [1.807, 2.05) is 0 Å². The highest BCUT2D eigenvalue weighted by atomic mass is 16.5. The Morgan fingerprint density at radius 1 is 1.19 bits per heavy atom. The average Bonchev–Trinajstić information content (AvgIpc) is 2.25. The summed E-state index contributed by atoms with van der Waals surface area (Å²) in [5, 5.41) is 18.1. The summed E-state index contributed by atoms with van der Waals surface area (Å²) < 4.78 is 4.80. The van der Waals surface area contributed by atoms with E-state index in [0.29, 0.717) is 13.0 Å².